The quantitative estimate of drug-likeness (QED) is 0.114. The topological polar surface area (TPSA) is 37.4 Å². The summed E-state index contributed by atoms with van der Waals surface area (Å²) in [5.74, 6) is -0.431. The predicted molar refractivity (Wildman–Crippen MR) is 194 cm³/mol. The Morgan fingerprint density at radius 2 is 0.957 bits per heavy atom. The van der Waals surface area contributed by atoms with E-state index in [-0.39, 0.29) is 17.1 Å². The van der Waals surface area contributed by atoms with E-state index in [0.29, 0.717) is 11.1 Å². The van der Waals surface area contributed by atoms with E-state index in [1.54, 1.807) is 6.08 Å². The number of allylic oxidation sites excluding steroid dienone is 1. The zero-order valence-electron chi connectivity index (χ0n) is 25.4. The Morgan fingerprint density at radius 3 is 1.68 bits per heavy atom. The summed E-state index contributed by atoms with van der Waals surface area (Å²) >= 11 is 0. The molecule has 0 atom stereocenters. The van der Waals surface area contributed by atoms with Gasteiger partial charge in [-0.05, 0) is 97.9 Å². The lowest BCUT2D eigenvalue weighted by Gasteiger charge is -2.28. The van der Waals surface area contributed by atoms with E-state index in [1.165, 1.54) is 21.5 Å². The highest BCUT2D eigenvalue weighted by Gasteiger charge is 2.33. The van der Waals surface area contributed by atoms with Gasteiger partial charge in [-0.2, -0.15) is 0 Å². The van der Waals surface area contributed by atoms with E-state index < -0.39 is 0 Å². The van der Waals surface area contributed by atoms with Gasteiger partial charge < -0.3 is 4.90 Å². The molecule has 0 spiro atoms. The number of nitrogens with zero attached hydrogens (tertiary/aromatic N) is 1. The molecule has 0 saturated heterocycles. The predicted octanol–water partition coefficient (Wildman–Crippen LogP) is 11.2. The third-order valence-corrected chi connectivity index (χ3v) is 9.28. The van der Waals surface area contributed by atoms with Crippen LogP contribution in [-0.2, 0) is 0 Å². The molecule has 3 heteroatoms. The van der Waals surface area contributed by atoms with Crippen LogP contribution in [0.15, 0.2) is 163 Å². The van der Waals surface area contributed by atoms with Crippen molar-refractivity contribution in [2.75, 3.05) is 4.90 Å². The molecule has 0 N–H and O–H groups in total. The second-order valence-electron chi connectivity index (χ2n) is 12.1. The van der Waals surface area contributed by atoms with E-state index in [2.05, 4.69) is 108 Å². The van der Waals surface area contributed by atoms with Crippen LogP contribution in [-0.4, -0.2) is 11.6 Å². The summed E-state index contributed by atoms with van der Waals surface area (Å²) in [6.07, 6.45) is 1.74. The lowest BCUT2D eigenvalue weighted by atomic mass is 9.98. The monoisotopic (exact) mass is 601 g/mol. The number of hydrogen-bond acceptors (Lipinski definition) is 3. The minimum absolute atomic E-state index is 0.213. The Morgan fingerprint density at radius 1 is 0.404 bits per heavy atom. The number of para-hydroxylation sites is 1. The molecule has 1 aliphatic rings. The maximum Gasteiger partial charge on any atom is 0.197 e. The van der Waals surface area contributed by atoms with Crippen molar-refractivity contribution >= 4 is 77.8 Å². The molecular formula is C44H27NO2. The lowest BCUT2D eigenvalue weighted by molar-refractivity contribution is 0.0990. The molecule has 8 aromatic rings. The van der Waals surface area contributed by atoms with Crippen molar-refractivity contribution in [3.05, 3.63) is 180 Å². The summed E-state index contributed by atoms with van der Waals surface area (Å²) in [5, 5.41) is 8.81. The van der Waals surface area contributed by atoms with Crippen LogP contribution in [0.2, 0.25) is 0 Å². The van der Waals surface area contributed by atoms with E-state index >= 15 is 0 Å². The zero-order valence-corrected chi connectivity index (χ0v) is 25.4. The molecule has 9 rings (SSSR count). The minimum Gasteiger partial charge on any atom is -0.310 e. The first kappa shape index (κ1) is 27.0. The molecule has 220 valence electrons. The molecule has 3 nitrogen and oxygen atoms in total. The van der Waals surface area contributed by atoms with Crippen LogP contribution in [0.4, 0.5) is 17.1 Å². The molecule has 0 radical (unpaired) electrons. The van der Waals surface area contributed by atoms with Crippen LogP contribution in [0.25, 0.3) is 49.2 Å². The van der Waals surface area contributed by atoms with Crippen molar-refractivity contribution in [2.24, 2.45) is 0 Å². The van der Waals surface area contributed by atoms with E-state index in [0.717, 1.165) is 44.2 Å². The van der Waals surface area contributed by atoms with Gasteiger partial charge in [-0.1, -0.05) is 109 Å². The van der Waals surface area contributed by atoms with Crippen LogP contribution < -0.4 is 4.90 Å². The highest BCUT2D eigenvalue weighted by Crippen LogP contribution is 2.42. The second kappa shape index (κ2) is 10.6. The van der Waals surface area contributed by atoms with Crippen molar-refractivity contribution < 1.29 is 9.59 Å². The molecule has 0 aromatic heterocycles. The first-order valence-corrected chi connectivity index (χ1v) is 15.8. The van der Waals surface area contributed by atoms with Gasteiger partial charge in [0.15, 0.2) is 11.6 Å². The van der Waals surface area contributed by atoms with Crippen LogP contribution in [0.5, 0.6) is 0 Å². The second-order valence-corrected chi connectivity index (χ2v) is 12.1. The smallest absolute Gasteiger partial charge is 0.197 e. The maximum atomic E-state index is 13.4. The van der Waals surface area contributed by atoms with Gasteiger partial charge in [0.1, 0.15) is 0 Å². The molecule has 47 heavy (non-hydrogen) atoms. The Bertz CT molecular complexity index is 2560. The average molecular weight is 602 g/mol. The molecule has 0 heterocycles. The Hall–Kier alpha value is -6.32. The van der Waals surface area contributed by atoms with Crippen LogP contribution in [0.3, 0.4) is 0 Å². The summed E-state index contributed by atoms with van der Waals surface area (Å²) in [7, 11) is 0. The van der Waals surface area contributed by atoms with Gasteiger partial charge in [-0.3, -0.25) is 9.59 Å². The average Bonchev–Trinajstić information content (AvgIpc) is 3.35. The fraction of sp³-hybridized carbons (Fsp3) is 0. The minimum atomic E-state index is -0.215. The third kappa shape index (κ3) is 4.44. The van der Waals surface area contributed by atoms with E-state index in [9.17, 15) is 9.59 Å². The number of carbonyl (C=O) groups excluding carboxylic acids is 2. The summed E-state index contributed by atoms with van der Waals surface area (Å²) < 4.78 is 0. The van der Waals surface area contributed by atoms with Gasteiger partial charge >= 0.3 is 0 Å². The van der Waals surface area contributed by atoms with Gasteiger partial charge in [-0.25, -0.2) is 0 Å². The maximum absolute atomic E-state index is 13.4. The van der Waals surface area contributed by atoms with Gasteiger partial charge in [0.25, 0.3) is 0 Å². The lowest BCUT2D eigenvalue weighted by Crippen LogP contribution is -2.10. The van der Waals surface area contributed by atoms with Crippen LogP contribution >= 0.6 is 0 Å². The molecular weight excluding hydrogens is 574 g/mol. The van der Waals surface area contributed by atoms with E-state index in [4.69, 9.17) is 0 Å². The van der Waals surface area contributed by atoms with Crippen molar-refractivity contribution in [3.8, 4) is 0 Å². The molecule has 1 aliphatic carbocycles. The van der Waals surface area contributed by atoms with Crippen LogP contribution in [0, 0.1) is 0 Å². The number of ketones is 2. The summed E-state index contributed by atoms with van der Waals surface area (Å²) in [5.41, 5.74) is 5.21. The molecule has 0 unspecified atom stereocenters. The van der Waals surface area contributed by atoms with Gasteiger partial charge in [0.2, 0.25) is 0 Å². The summed E-state index contributed by atoms with van der Waals surface area (Å²) in [6, 6.07) is 53.9. The highest BCUT2D eigenvalue weighted by atomic mass is 16.2. The molecule has 0 fully saturated rings. The van der Waals surface area contributed by atoms with Gasteiger partial charge in [0, 0.05) is 27.9 Å². The highest BCUT2D eigenvalue weighted by molar-refractivity contribution is 6.42. The number of Topliss-reactive ketones (excluding diaryl/α,β-unsaturated/α-hetero) is 2. The SMILES string of the molecule is O=C1C(=Cc2ccc3cc(N(c4ccccc4)c4cc5ccccc5c5ccccc45)ccc3c2)C(=O)c2cc3ccccc3cc21. The number of benzene rings is 8. The largest absolute Gasteiger partial charge is 0.310 e. The van der Waals surface area contributed by atoms with Crippen molar-refractivity contribution in [2.45, 2.75) is 0 Å². The Labute approximate surface area is 271 Å². The third-order valence-electron chi connectivity index (χ3n) is 9.28. The summed E-state index contributed by atoms with van der Waals surface area (Å²) in [6.45, 7) is 0. The van der Waals surface area contributed by atoms with Gasteiger partial charge in [0.05, 0.1) is 11.3 Å². The van der Waals surface area contributed by atoms with Crippen molar-refractivity contribution in [1.29, 1.82) is 0 Å². The number of rotatable bonds is 4. The van der Waals surface area contributed by atoms with Gasteiger partial charge in [-0.15, -0.1) is 0 Å². The first-order valence-electron chi connectivity index (χ1n) is 15.8. The molecule has 0 amide bonds. The van der Waals surface area contributed by atoms with Crippen molar-refractivity contribution in [3.63, 3.8) is 0 Å². The molecule has 0 saturated carbocycles. The number of carbonyl (C=O) groups is 2. The number of anilines is 3. The first-order chi connectivity index (χ1) is 23.1. The molecule has 0 aliphatic heterocycles. The normalized spacial score (nSPS) is 12.7. The number of fused-ring (bicyclic) bond motifs is 6. The standard InChI is InChI=1S/C44H27NO2/c46-43-39-25-29-10-4-5-11-30(29)26-40(39)44(47)41(43)23-28-18-19-32-24-35(21-20-31(32)22-28)45(34-13-2-1-3-14-34)42-27-33-12-6-7-15-36(33)37-16-8-9-17-38(37)42/h1-27H. The molecule has 8 aromatic carbocycles. The van der Waals surface area contributed by atoms with Crippen molar-refractivity contribution in [1.82, 2.24) is 0 Å². The van der Waals surface area contributed by atoms with E-state index in [1.807, 2.05) is 54.6 Å². The van der Waals surface area contributed by atoms with Crippen LogP contribution in [0.1, 0.15) is 26.3 Å². The zero-order chi connectivity index (χ0) is 31.5. The fourth-order valence-corrected chi connectivity index (χ4v) is 7.01. The molecule has 0 bridgehead atoms. The number of hydrogen-bond donors (Lipinski definition) is 0. The Kier molecular flexibility index (Phi) is 6.12. The summed E-state index contributed by atoms with van der Waals surface area (Å²) in [4.78, 5) is 29.1. The fourth-order valence-electron chi connectivity index (χ4n) is 7.01. The Balaban J connectivity index is 1.14.